The average Bonchev–Trinajstić information content (AvgIpc) is 2.20. The SMILES string of the molecule is N#CCc1c(C#N)cc(C(F)F)nc1Br. The third-order valence-electron chi connectivity index (χ3n) is 1.69. The van der Waals surface area contributed by atoms with Crippen LogP contribution < -0.4 is 0 Å². The number of rotatable bonds is 2. The molecule has 0 saturated carbocycles. The van der Waals surface area contributed by atoms with Crippen LogP contribution in [0.3, 0.4) is 0 Å². The first-order chi connectivity index (χ1) is 7.10. The van der Waals surface area contributed by atoms with Gasteiger partial charge in [-0.1, -0.05) is 0 Å². The van der Waals surface area contributed by atoms with Crippen LogP contribution in [0, 0.1) is 22.7 Å². The van der Waals surface area contributed by atoms with Gasteiger partial charge >= 0.3 is 0 Å². The Hall–Kier alpha value is -1.53. The predicted octanol–water partition coefficient (Wildman–Crippen LogP) is 2.72. The van der Waals surface area contributed by atoms with Crippen molar-refractivity contribution in [1.29, 1.82) is 10.5 Å². The molecule has 0 unspecified atom stereocenters. The Bertz CT molecular complexity index is 460. The maximum absolute atomic E-state index is 12.3. The Balaban J connectivity index is 3.33. The second kappa shape index (κ2) is 4.81. The first-order valence-electron chi connectivity index (χ1n) is 3.84. The summed E-state index contributed by atoms with van der Waals surface area (Å²) in [4.78, 5) is 3.56. The number of hydrogen-bond donors (Lipinski definition) is 0. The number of hydrogen-bond acceptors (Lipinski definition) is 3. The van der Waals surface area contributed by atoms with Gasteiger partial charge in [-0.2, -0.15) is 10.5 Å². The molecular weight excluding hydrogens is 268 g/mol. The largest absolute Gasteiger partial charge is 0.280 e. The molecule has 0 aliphatic rings. The summed E-state index contributed by atoms with van der Waals surface area (Å²) < 4.78 is 24.8. The van der Waals surface area contributed by atoms with Gasteiger partial charge in [-0.05, 0) is 22.0 Å². The fourth-order valence-corrected chi connectivity index (χ4v) is 1.58. The molecule has 0 bridgehead atoms. The third-order valence-corrected chi connectivity index (χ3v) is 2.35. The molecule has 6 heteroatoms. The van der Waals surface area contributed by atoms with Crippen LogP contribution in [0.2, 0.25) is 0 Å². The van der Waals surface area contributed by atoms with Gasteiger partial charge in [0.25, 0.3) is 6.43 Å². The molecule has 0 N–H and O–H groups in total. The molecule has 0 saturated heterocycles. The van der Waals surface area contributed by atoms with Crippen LogP contribution in [0.5, 0.6) is 0 Å². The van der Waals surface area contributed by atoms with E-state index in [-0.39, 0.29) is 16.6 Å². The van der Waals surface area contributed by atoms with Crippen molar-refractivity contribution in [2.45, 2.75) is 12.8 Å². The zero-order chi connectivity index (χ0) is 11.4. The topological polar surface area (TPSA) is 60.5 Å². The summed E-state index contributed by atoms with van der Waals surface area (Å²) in [6.07, 6.45) is -2.77. The molecule has 0 aliphatic heterocycles. The van der Waals surface area contributed by atoms with E-state index < -0.39 is 12.1 Å². The number of halogens is 3. The second-order valence-electron chi connectivity index (χ2n) is 2.61. The zero-order valence-corrected chi connectivity index (χ0v) is 8.92. The maximum atomic E-state index is 12.3. The van der Waals surface area contributed by atoms with Gasteiger partial charge in [0.05, 0.1) is 24.1 Å². The molecule has 0 radical (unpaired) electrons. The third kappa shape index (κ3) is 2.48. The molecule has 0 aliphatic carbocycles. The number of alkyl halides is 2. The fraction of sp³-hybridized carbons (Fsp3) is 0.222. The van der Waals surface area contributed by atoms with E-state index >= 15 is 0 Å². The highest BCUT2D eigenvalue weighted by Crippen LogP contribution is 2.25. The van der Waals surface area contributed by atoms with E-state index in [1.807, 2.05) is 6.07 Å². The number of nitrogens with zero attached hydrogens (tertiary/aromatic N) is 3. The van der Waals surface area contributed by atoms with Crippen LogP contribution in [0.15, 0.2) is 10.7 Å². The van der Waals surface area contributed by atoms with Crippen LogP contribution in [-0.4, -0.2) is 4.98 Å². The van der Waals surface area contributed by atoms with Gasteiger partial charge in [-0.3, -0.25) is 0 Å². The highest BCUT2D eigenvalue weighted by atomic mass is 79.9. The highest BCUT2D eigenvalue weighted by molar-refractivity contribution is 9.10. The molecule has 0 spiro atoms. The van der Waals surface area contributed by atoms with Gasteiger partial charge in [-0.15, -0.1) is 0 Å². The summed E-state index contributed by atoms with van der Waals surface area (Å²) in [6, 6.07) is 4.60. The monoisotopic (exact) mass is 271 g/mol. The Morgan fingerprint density at radius 2 is 2.13 bits per heavy atom. The molecule has 0 fully saturated rings. The van der Waals surface area contributed by atoms with Crippen molar-refractivity contribution in [3.8, 4) is 12.1 Å². The van der Waals surface area contributed by atoms with Gasteiger partial charge in [0, 0.05) is 5.56 Å². The molecule has 1 heterocycles. The van der Waals surface area contributed by atoms with E-state index in [9.17, 15) is 8.78 Å². The summed E-state index contributed by atoms with van der Waals surface area (Å²) >= 11 is 2.96. The van der Waals surface area contributed by atoms with E-state index in [1.165, 1.54) is 0 Å². The highest BCUT2D eigenvalue weighted by Gasteiger charge is 2.15. The lowest BCUT2D eigenvalue weighted by atomic mass is 10.1. The van der Waals surface area contributed by atoms with Crippen molar-refractivity contribution >= 4 is 15.9 Å². The molecule has 1 aromatic rings. The standard InChI is InChI=1S/C9H4BrF2N3/c10-8-6(1-2-13)5(4-14)3-7(15-8)9(11)12/h3,9H,1H2. The van der Waals surface area contributed by atoms with E-state index in [0.29, 0.717) is 5.56 Å². The van der Waals surface area contributed by atoms with Crippen molar-refractivity contribution < 1.29 is 8.78 Å². The summed E-state index contributed by atoms with van der Waals surface area (Å²) in [7, 11) is 0. The van der Waals surface area contributed by atoms with Crippen LogP contribution in [0.25, 0.3) is 0 Å². The van der Waals surface area contributed by atoms with Gasteiger partial charge in [0.15, 0.2) is 0 Å². The Labute approximate surface area is 93.1 Å². The van der Waals surface area contributed by atoms with Gasteiger partial charge in [0.1, 0.15) is 10.3 Å². The van der Waals surface area contributed by atoms with Gasteiger partial charge < -0.3 is 0 Å². The van der Waals surface area contributed by atoms with Crippen molar-refractivity contribution in [1.82, 2.24) is 4.98 Å². The number of nitriles is 2. The number of aromatic nitrogens is 1. The summed E-state index contributed by atoms with van der Waals surface area (Å²) in [5.41, 5.74) is -0.0850. The minimum atomic E-state index is -2.73. The fourth-order valence-electron chi connectivity index (χ4n) is 1.02. The lowest BCUT2D eigenvalue weighted by molar-refractivity contribution is 0.146. The van der Waals surface area contributed by atoms with Crippen LogP contribution in [-0.2, 0) is 6.42 Å². The van der Waals surface area contributed by atoms with Crippen molar-refractivity contribution in [2.24, 2.45) is 0 Å². The maximum Gasteiger partial charge on any atom is 0.280 e. The molecule has 15 heavy (non-hydrogen) atoms. The molecular formula is C9H4BrF2N3. The van der Waals surface area contributed by atoms with Crippen LogP contribution in [0.4, 0.5) is 8.78 Å². The summed E-state index contributed by atoms with van der Waals surface area (Å²) in [6.45, 7) is 0. The van der Waals surface area contributed by atoms with E-state index in [4.69, 9.17) is 10.5 Å². The van der Waals surface area contributed by atoms with Crippen LogP contribution >= 0.6 is 15.9 Å². The first-order valence-corrected chi connectivity index (χ1v) is 4.64. The van der Waals surface area contributed by atoms with Crippen molar-refractivity contribution in [3.05, 3.63) is 27.5 Å². The second-order valence-corrected chi connectivity index (χ2v) is 3.36. The normalized spacial score (nSPS) is 9.73. The predicted molar refractivity (Wildman–Crippen MR) is 50.9 cm³/mol. The molecule has 1 rings (SSSR count). The molecule has 3 nitrogen and oxygen atoms in total. The molecule has 0 aromatic carbocycles. The number of pyridine rings is 1. The quantitative estimate of drug-likeness (QED) is 0.777. The lowest BCUT2D eigenvalue weighted by Gasteiger charge is -2.05. The summed E-state index contributed by atoms with van der Waals surface area (Å²) in [5, 5.41) is 17.2. The molecule has 0 amide bonds. The summed E-state index contributed by atoms with van der Waals surface area (Å²) in [5.74, 6) is 0. The Morgan fingerprint density at radius 3 is 2.60 bits per heavy atom. The zero-order valence-electron chi connectivity index (χ0n) is 7.34. The van der Waals surface area contributed by atoms with Crippen molar-refractivity contribution in [2.75, 3.05) is 0 Å². The van der Waals surface area contributed by atoms with E-state index in [1.54, 1.807) is 6.07 Å². The Morgan fingerprint density at radius 1 is 1.47 bits per heavy atom. The minimum absolute atomic E-state index is 0.0417. The molecule has 76 valence electrons. The van der Waals surface area contributed by atoms with Gasteiger partial charge in [-0.25, -0.2) is 13.8 Å². The van der Waals surface area contributed by atoms with E-state index in [0.717, 1.165) is 6.07 Å². The Kier molecular flexibility index (Phi) is 3.70. The average molecular weight is 272 g/mol. The van der Waals surface area contributed by atoms with E-state index in [2.05, 4.69) is 20.9 Å². The molecule has 0 atom stereocenters. The lowest BCUT2D eigenvalue weighted by Crippen LogP contribution is -1.99. The van der Waals surface area contributed by atoms with Crippen molar-refractivity contribution in [3.63, 3.8) is 0 Å². The molecule has 1 aromatic heterocycles. The first kappa shape index (κ1) is 11.5. The van der Waals surface area contributed by atoms with Gasteiger partial charge in [0.2, 0.25) is 0 Å². The smallest absolute Gasteiger partial charge is 0.240 e. The van der Waals surface area contributed by atoms with Crippen LogP contribution in [0.1, 0.15) is 23.2 Å². The minimum Gasteiger partial charge on any atom is -0.240 e.